The minimum absolute atomic E-state index is 0.688. The number of ether oxygens (including phenoxy) is 1. The van der Waals surface area contributed by atoms with Gasteiger partial charge in [0, 0.05) is 24.5 Å². The predicted molar refractivity (Wildman–Crippen MR) is 79.6 cm³/mol. The second-order valence-electron chi connectivity index (χ2n) is 4.78. The van der Waals surface area contributed by atoms with Crippen LogP contribution in [0.5, 0.6) is 5.75 Å². The quantitative estimate of drug-likeness (QED) is 0.871. The normalized spacial score (nSPS) is 15.2. The molecule has 0 saturated carbocycles. The molecule has 3 nitrogen and oxygen atoms in total. The van der Waals surface area contributed by atoms with Crippen LogP contribution in [0.4, 0.5) is 5.69 Å². The summed E-state index contributed by atoms with van der Waals surface area (Å²) in [5.41, 5.74) is 8.04. The van der Waals surface area contributed by atoms with Gasteiger partial charge in [0.2, 0.25) is 0 Å². The van der Waals surface area contributed by atoms with Crippen molar-refractivity contribution < 1.29 is 4.74 Å². The van der Waals surface area contributed by atoms with Gasteiger partial charge in [0.15, 0.2) is 0 Å². The largest absolute Gasteiger partial charge is 0.490 e. The van der Waals surface area contributed by atoms with Crippen LogP contribution in [0.3, 0.4) is 0 Å². The number of fused-ring (bicyclic) bond motifs is 1. The third-order valence-corrected chi connectivity index (χ3v) is 4.49. The molecule has 0 radical (unpaired) electrons. The SMILES string of the molecule is Nc1ccccc1OCCN1CCc2sccc2C1. The van der Waals surface area contributed by atoms with Crippen LogP contribution >= 0.6 is 11.3 Å². The second kappa shape index (κ2) is 5.63. The van der Waals surface area contributed by atoms with Crippen molar-refractivity contribution in [2.75, 3.05) is 25.4 Å². The molecule has 0 unspecified atom stereocenters. The molecule has 19 heavy (non-hydrogen) atoms. The Morgan fingerprint density at radius 2 is 2.16 bits per heavy atom. The Hall–Kier alpha value is -1.52. The molecule has 100 valence electrons. The van der Waals surface area contributed by atoms with Crippen molar-refractivity contribution in [3.05, 3.63) is 46.2 Å². The van der Waals surface area contributed by atoms with E-state index in [1.165, 1.54) is 12.0 Å². The van der Waals surface area contributed by atoms with Crippen molar-refractivity contribution >= 4 is 17.0 Å². The van der Waals surface area contributed by atoms with E-state index in [-0.39, 0.29) is 0 Å². The molecule has 0 spiro atoms. The van der Waals surface area contributed by atoms with Crippen molar-refractivity contribution in [1.82, 2.24) is 4.90 Å². The van der Waals surface area contributed by atoms with Gasteiger partial charge in [0.05, 0.1) is 5.69 Å². The minimum Gasteiger partial charge on any atom is -0.490 e. The van der Waals surface area contributed by atoms with Crippen LogP contribution in [0.1, 0.15) is 10.4 Å². The van der Waals surface area contributed by atoms with Gasteiger partial charge in [-0.15, -0.1) is 11.3 Å². The van der Waals surface area contributed by atoms with Crippen LogP contribution < -0.4 is 10.5 Å². The molecule has 1 aromatic heterocycles. The van der Waals surface area contributed by atoms with E-state index >= 15 is 0 Å². The maximum absolute atomic E-state index is 5.85. The van der Waals surface area contributed by atoms with Gasteiger partial charge in [-0.25, -0.2) is 0 Å². The number of nitrogen functional groups attached to an aromatic ring is 1. The third kappa shape index (κ3) is 2.91. The third-order valence-electron chi connectivity index (χ3n) is 3.47. The van der Waals surface area contributed by atoms with E-state index in [0.717, 1.165) is 25.4 Å². The molecule has 1 aliphatic rings. The number of benzene rings is 1. The Labute approximate surface area is 117 Å². The molecular weight excluding hydrogens is 256 g/mol. The molecule has 4 heteroatoms. The zero-order chi connectivity index (χ0) is 13.1. The van der Waals surface area contributed by atoms with E-state index in [2.05, 4.69) is 16.3 Å². The molecule has 0 fully saturated rings. The van der Waals surface area contributed by atoms with Gasteiger partial charge in [-0.2, -0.15) is 0 Å². The molecule has 2 N–H and O–H groups in total. The molecular formula is C15H18N2OS. The Balaban J connectivity index is 1.50. The lowest BCUT2D eigenvalue weighted by molar-refractivity contribution is 0.198. The highest BCUT2D eigenvalue weighted by Crippen LogP contribution is 2.24. The lowest BCUT2D eigenvalue weighted by Gasteiger charge is -2.26. The number of hydrogen-bond acceptors (Lipinski definition) is 4. The number of nitrogens with two attached hydrogens (primary N) is 1. The Kier molecular flexibility index (Phi) is 3.71. The summed E-state index contributed by atoms with van der Waals surface area (Å²) in [4.78, 5) is 3.98. The van der Waals surface area contributed by atoms with Crippen molar-refractivity contribution in [1.29, 1.82) is 0 Å². The van der Waals surface area contributed by atoms with Crippen LogP contribution in [-0.2, 0) is 13.0 Å². The first-order valence-corrected chi connectivity index (χ1v) is 7.46. The maximum Gasteiger partial charge on any atom is 0.142 e. The lowest BCUT2D eigenvalue weighted by atomic mass is 10.1. The number of hydrogen-bond donors (Lipinski definition) is 1. The van der Waals surface area contributed by atoms with Gasteiger partial charge in [-0.05, 0) is 35.6 Å². The van der Waals surface area contributed by atoms with Crippen LogP contribution in [0, 0.1) is 0 Å². The molecule has 2 heterocycles. The minimum atomic E-state index is 0.688. The summed E-state index contributed by atoms with van der Waals surface area (Å²) in [5.74, 6) is 0.788. The summed E-state index contributed by atoms with van der Waals surface area (Å²) in [6.07, 6.45) is 1.17. The molecule has 0 amide bonds. The number of para-hydroxylation sites is 2. The first-order chi connectivity index (χ1) is 9.33. The standard InChI is InChI=1S/C15H18N2OS/c16-13-3-1-2-4-14(13)18-9-8-17-7-5-15-12(11-17)6-10-19-15/h1-4,6,10H,5,7-9,11,16H2. The fourth-order valence-electron chi connectivity index (χ4n) is 2.39. The van der Waals surface area contributed by atoms with E-state index in [1.54, 1.807) is 4.88 Å². The average molecular weight is 274 g/mol. The molecule has 0 aliphatic carbocycles. The molecule has 0 atom stereocenters. The number of anilines is 1. The van der Waals surface area contributed by atoms with Gasteiger partial charge in [-0.1, -0.05) is 12.1 Å². The average Bonchev–Trinajstić information content (AvgIpc) is 2.88. The highest BCUT2D eigenvalue weighted by atomic mass is 32.1. The van der Waals surface area contributed by atoms with Crippen molar-refractivity contribution in [3.8, 4) is 5.75 Å². The zero-order valence-electron chi connectivity index (χ0n) is 10.8. The van der Waals surface area contributed by atoms with E-state index in [0.29, 0.717) is 12.3 Å². The molecule has 0 saturated heterocycles. The summed E-state index contributed by atoms with van der Waals surface area (Å²) in [7, 11) is 0. The summed E-state index contributed by atoms with van der Waals surface area (Å²) in [6, 6.07) is 9.90. The smallest absolute Gasteiger partial charge is 0.142 e. The first-order valence-electron chi connectivity index (χ1n) is 6.58. The monoisotopic (exact) mass is 274 g/mol. The van der Waals surface area contributed by atoms with Crippen molar-refractivity contribution in [3.63, 3.8) is 0 Å². The zero-order valence-corrected chi connectivity index (χ0v) is 11.7. The maximum atomic E-state index is 5.85. The van der Waals surface area contributed by atoms with E-state index < -0.39 is 0 Å². The number of rotatable bonds is 4. The van der Waals surface area contributed by atoms with Crippen LogP contribution in [0.25, 0.3) is 0 Å². The van der Waals surface area contributed by atoms with Crippen molar-refractivity contribution in [2.45, 2.75) is 13.0 Å². The fourth-order valence-corrected chi connectivity index (χ4v) is 3.28. The Morgan fingerprint density at radius 3 is 3.05 bits per heavy atom. The molecule has 3 rings (SSSR count). The van der Waals surface area contributed by atoms with Crippen LogP contribution in [0.2, 0.25) is 0 Å². The van der Waals surface area contributed by atoms with Crippen LogP contribution in [-0.4, -0.2) is 24.6 Å². The van der Waals surface area contributed by atoms with Gasteiger partial charge >= 0.3 is 0 Å². The summed E-state index contributed by atoms with van der Waals surface area (Å²) < 4.78 is 5.74. The van der Waals surface area contributed by atoms with Gasteiger partial charge in [-0.3, -0.25) is 4.90 Å². The number of thiophene rings is 1. The number of nitrogens with zero attached hydrogens (tertiary/aromatic N) is 1. The van der Waals surface area contributed by atoms with E-state index in [4.69, 9.17) is 10.5 Å². The molecule has 1 aliphatic heterocycles. The second-order valence-corrected chi connectivity index (χ2v) is 5.78. The van der Waals surface area contributed by atoms with Crippen LogP contribution in [0.15, 0.2) is 35.7 Å². The predicted octanol–water partition coefficient (Wildman–Crippen LogP) is 2.77. The summed E-state index contributed by atoms with van der Waals surface area (Å²) in [5, 5.41) is 2.19. The topological polar surface area (TPSA) is 38.5 Å². The molecule has 2 aromatic rings. The Bertz CT molecular complexity index is 553. The fraction of sp³-hybridized carbons (Fsp3) is 0.333. The van der Waals surface area contributed by atoms with E-state index in [9.17, 15) is 0 Å². The highest BCUT2D eigenvalue weighted by Gasteiger charge is 2.16. The summed E-state index contributed by atoms with van der Waals surface area (Å²) >= 11 is 1.88. The van der Waals surface area contributed by atoms with Gasteiger partial charge in [0.1, 0.15) is 12.4 Å². The van der Waals surface area contributed by atoms with E-state index in [1.807, 2.05) is 35.6 Å². The first kappa shape index (κ1) is 12.5. The van der Waals surface area contributed by atoms with Crippen molar-refractivity contribution in [2.24, 2.45) is 0 Å². The molecule has 0 bridgehead atoms. The lowest BCUT2D eigenvalue weighted by Crippen LogP contribution is -2.33. The van der Waals surface area contributed by atoms with Gasteiger partial charge < -0.3 is 10.5 Å². The Morgan fingerprint density at radius 1 is 1.26 bits per heavy atom. The van der Waals surface area contributed by atoms with Gasteiger partial charge in [0.25, 0.3) is 0 Å². The summed E-state index contributed by atoms with van der Waals surface area (Å²) in [6.45, 7) is 3.81. The molecule has 1 aromatic carbocycles. The highest BCUT2D eigenvalue weighted by molar-refractivity contribution is 7.10.